The Morgan fingerprint density at radius 1 is 0.960 bits per heavy atom. The van der Waals surface area contributed by atoms with E-state index < -0.39 is 10.0 Å². The molecule has 1 aromatic heterocycles. The Bertz CT molecular complexity index is 1090. The van der Waals surface area contributed by atoms with Crippen LogP contribution in [-0.4, -0.2) is 27.6 Å². The van der Waals surface area contributed by atoms with Crippen LogP contribution in [0, 0.1) is 0 Å². The Morgan fingerprint density at radius 3 is 2.48 bits per heavy atom. The van der Waals surface area contributed by atoms with Gasteiger partial charge in [0.15, 0.2) is 0 Å². The van der Waals surface area contributed by atoms with Crippen molar-refractivity contribution in [3.8, 4) is 11.5 Å². The van der Waals surface area contributed by atoms with Crippen LogP contribution < -0.4 is 19.8 Å². The first-order chi connectivity index (χ1) is 11.9. The number of sulfonamides is 1. The van der Waals surface area contributed by atoms with E-state index in [4.69, 9.17) is 9.47 Å². The zero-order chi connectivity index (χ0) is 18.0. The minimum Gasteiger partial charge on any atom is -0.497 e. The maximum Gasteiger partial charge on any atom is 0.262 e. The normalized spacial score (nSPS) is 11.3. The molecule has 0 saturated carbocycles. The minimum atomic E-state index is -3.83. The van der Waals surface area contributed by atoms with Gasteiger partial charge in [0.1, 0.15) is 11.5 Å². The summed E-state index contributed by atoms with van der Waals surface area (Å²) in [6.07, 6.45) is 0. The number of hydrogen-bond acceptors (Lipinski definition) is 5. The molecule has 25 heavy (non-hydrogen) atoms. The predicted octanol–water partition coefficient (Wildman–Crippen LogP) is 2.35. The Kier molecular flexibility index (Phi) is 4.37. The Morgan fingerprint density at radius 2 is 1.76 bits per heavy atom. The van der Waals surface area contributed by atoms with Crippen LogP contribution in [0.15, 0.2) is 58.2 Å². The highest BCUT2D eigenvalue weighted by Crippen LogP contribution is 2.31. The smallest absolute Gasteiger partial charge is 0.262 e. The van der Waals surface area contributed by atoms with E-state index in [2.05, 4.69) is 9.71 Å². The van der Waals surface area contributed by atoms with Crippen molar-refractivity contribution >= 4 is 26.6 Å². The van der Waals surface area contributed by atoms with E-state index in [9.17, 15) is 13.2 Å². The van der Waals surface area contributed by atoms with Gasteiger partial charge < -0.3 is 14.5 Å². The molecule has 2 aromatic carbocycles. The van der Waals surface area contributed by atoms with Crippen LogP contribution in [0.2, 0.25) is 0 Å². The Hall–Kier alpha value is -3.00. The van der Waals surface area contributed by atoms with Crippen LogP contribution in [-0.2, 0) is 10.0 Å². The molecule has 0 bridgehead atoms. The van der Waals surface area contributed by atoms with Crippen molar-refractivity contribution in [1.82, 2.24) is 4.98 Å². The van der Waals surface area contributed by atoms with Crippen molar-refractivity contribution in [2.75, 3.05) is 18.9 Å². The van der Waals surface area contributed by atoms with Gasteiger partial charge in [-0.05, 0) is 41.8 Å². The molecule has 130 valence electrons. The van der Waals surface area contributed by atoms with E-state index in [1.807, 2.05) is 0 Å². The second-order valence-electron chi connectivity index (χ2n) is 5.24. The summed E-state index contributed by atoms with van der Waals surface area (Å²) in [5, 5.41) is 0.615. The highest BCUT2D eigenvalue weighted by Gasteiger charge is 2.17. The molecule has 0 atom stereocenters. The van der Waals surface area contributed by atoms with Gasteiger partial charge >= 0.3 is 0 Å². The van der Waals surface area contributed by atoms with E-state index in [1.54, 1.807) is 30.3 Å². The van der Waals surface area contributed by atoms with Crippen molar-refractivity contribution in [1.29, 1.82) is 0 Å². The lowest BCUT2D eigenvalue weighted by atomic mass is 10.2. The van der Waals surface area contributed by atoms with Gasteiger partial charge in [0.05, 0.1) is 24.8 Å². The van der Waals surface area contributed by atoms with Crippen molar-refractivity contribution in [2.45, 2.75) is 4.90 Å². The molecule has 0 aliphatic rings. The maximum atomic E-state index is 12.7. The van der Waals surface area contributed by atoms with Crippen LogP contribution in [0.25, 0.3) is 10.9 Å². The van der Waals surface area contributed by atoms with Gasteiger partial charge in [-0.25, -0.2) is 8.42 Å². The fourth-order valence-corrected chi connectivity index (χ4v) is 3.49. The predicted molar refractivity (Wildman–Crippen MR) is 94.9 cm³/mol. The van der Waals surface area contributed by atoms with Crippen molar-refractivity contribution in [3.63, 3.8) is 0 Å². The monoisotopic (exact) mass is 360 g/mol. The summed E-state index contributed by atoms with van der Waals surface area (Å²) in [4.78, 5) is 14.0. The van der Waals surface area contributed by atoms with Gasteiger partial charge in [0, 0.05) is 17.6 Å². The van der Waals surface area contributed by atoms with Crippen LogP contribution in [0.1, 0.15) is 0 Å². The van der Waals surface area contributed by atoms with E-state index in [-0.39, 0.29) is 10.5 Å². The second-order valence-corrected chi connectivity index (χ2v) is 6.93. The third-order valence-corrected chi connectivity index (χ3v) is 5.02. The molecule has 0 amide bonds. The van der Waals surface area contributed by atoms with E-state index >= 15 is 0 Å². The minimum absolute atomic E-state index is 0.0740. The van der Waals surface area contributed by atoms with Crippen molar-refractivity contribution in [3.05, 3.63) is 58.9 Å². The van der Waals surface area contributed by atoms with E-state index in [0.717, 1.165) is 0 Å². The zero-order valence-electron chi connectivity index (χ0n) is 13.6. The Balaban J connectivity index is 1.99. The summed E-state index contributed by atoms with van der Waals surface area (Å²) in [5.41, 5.74) is 0.613. The van der Waals surface area contributed by atoms with Gasteiger partial charge in [-0.2, -0.15) is 0 Å². The SMILES string of the molecule is COc1ccc(NS(=O)(=O)c2ccc3[nH]c(=O)ccc3c2)c(OC)c1. The maximum absolute atomic E-state index is 12.7. The zero-order valence-corrected chi connectivity index (χ0v) is 14.4. The Labute approximate surface area is 144 Å². The van der Waals surface area contributed by atoms with Crippen molar-refractivity contribution < 1.29 is 17.9 Å². The number of methoxy groups -OCH3 is 2. The quantitative estimate of drug-likeness (QED) is 0.728. The molecule has 0 aliphatic carbocycles. The first kappa shape index (κ1) is 16.8. The number of benzene rings is 2. The number of hydrogen-bond donors (Lipinski definition) is 2. The third kappa shape index (κ3) is 3.43. The number of aromatic amines is 1. The molecule has 0 radical (unpaired) electrons. The third-order valence-electron chi connectivity index (χ3n) is 3.66. The number of pyridine rings is 1. The number of fused-ring (bicyclic) bond motifs is 1. The molecule has 1 heterocycles. The lowest BCUT2D eigenvalue weighted by Gasteiger charge is -2.13. The van der Waals surface area contributed by atoms with Gasteiger partial charge in [-0.3, -0.25) is 9.52 Å². The molecular weight excluding hydrogens is 344 g/mol. The average molecular weight is 360 g/mol. The van der Waals surface area contributed by atoms with Gasteiger partial charge in [0.2, 0.25) is 5.56 Å². The number of aromatic nitrogens is 1. The van der Waals surface area contributed by atoms with Crippen molar-refractivity contribution in [2.24, 2.45) is 0 Å². The molecule has 0 aliphatic heterocycles. The fourth-order valence-electron chi connectivity index (χ4n) is 2.39. The number of anilines is 1. The molecule has 3 aromatic rings. The molecule has 7 nitrogen and oxygen atoms in total. The van der Waals surface area contributed by atoms with Crippen LogP contribution in [0.3, 0.4) is 0 Å². The molecule has 0 unspecified atom stereocenters. The van der Waals surface area contributed by atoms with Gasteiger partial charge in [-0.1, -0.05) is 0 Å². The van der Waals surface area contributed by atoms with Gasteiger partial charge in [0.25, 0.3) is 10.0 Å². The lowest BCUT2D eigenvalue weighted by molar-refractivity contribution is 0.395. The summed E-state index contributed by atoms with van der Waals surface area (Å²) >= 11 is 0. The number of ether oxygens (including phenoxy) is 2. The van der Waals surface area contributed by atoms with Crippen LogP contribution >= 0.6 is 0 Å². The first-order valence-electron chi connectivity index (χ1n) is 7.31. The first-order valence-corrected chi connectivity index (χ1v) is 8.79. The molecule has 0 spiro atoms. The van der Waals surface area contributed by atoms with E-state index in [1.165, 1.54) is 32.4 Å². The topological polar surface area (TPSA) is 97.5 Å². The summed E-state index contributed by atoms with van der Waals surface area (Å²) in [5.74, 6) is 0.891. The molecule has 0 fully saturated rings. The summed E-state index contributed by atoms with van der Waals surface area (Å²) in [6.45, 7) is 0. The second kappa shape index (κ2) is 6.48. The molecule has 8 heteroatoms. The summed E-state index contributed by atoms with van der Waals surface area (Å²) < 4.78 is 38.1. The van der Waals surface area contributed by atoms with Crippen LogP contribution in [0.4, 0.5) is 5.69 Å². The highest BCUT2D eigenvalue weighted by atomic mass is 32.2. The molecule has 3 rings (SSSR count). The summed E-state index contributed by atoms with van der Waals surface area (Å²) in [7, 11) is -0.875. The molecular formula is C17H16N2O5S. The summed E-state index contributed by atoms with van der Waals surface area (Å²) in [6, 6.07) is 12.2. The highest BCUT2D eigenvalue weighted by molar-refractivity contribution is 7.92. The lowest BCUT2D eigenvalue weighted by Crippen LogP contribution is -2.14. The van der Waals surface area contributed by atoms with E-state index in [0.29, 0.717) is 28.1 Å². The van der Waals surface area contributed by atoms with Gasteiger partial charge in [-0.15, -0.1) is 0 Å². The molecule has 2 N–H and O–H groups in total. The molecule has 0 saturated heterocycles. The fraction of sp³-hybridized carbons (Fsp3) is 0.118. The largest absolute Gasteiger partial charge is 0.497 e. The number of H-pyrrole nitrogens is 1. The standard InChI is InChI=1S/C17H16N2O5S/c1-23-12-4-6-15(16(10-12)24-2)19-25(21,22)13-5-7-14-11(9-13)3-8-17(20)18-14/h3-10,19H,1-2H3,(H,18,20). The average Bonchev–Trinajstić information content (AvgIpc) is 2.61. The van der Waals surface area contributed by atoms with Crippen LogP contribution in [0.5, 0.6) is 11.5 Å². The number of nitrogens with one attached hydrogen (secondary N) is 2. The number of rotatable bonds is 5.